The average molecular weight is 353 g/mol. The molecule has 1 aromatic carbocycles. The Morgan fingerprint density at radius 1 is 1.24 bits per heavy atom. The molecule has 0 aliphatic heterocycles. The van der Waals surface area contributed by atoms with E-state index in [4.69, 9.17) is 0 Å². The van der Waals surface area contributed by atoms with E-state index in [9.17, 15) is 13.6 Å². The molecule has 0 spiro atoms. The van der Waals surface area contributed by atoms with Gasteiger partial charge in [-0.05, 0) is 12.1 Å². The van der Waals surface area contributed by atoms with Crippen LogP contribution in [-0.2, 0) is 0 Å². The lowest BCUT2D eigenvalue weighted by Gasteiger charge is -2.07. The number of carbonyl (C=O) groups is 1. The topological polar surface area (TPSA) is 59.3 Å². The normalized spacial score (nSPS) is 10.8. The Labute approximate surface area is 125 Å². The van der Waals surface area contributed by atoms with Gasteiger partial charge in [0.05, 0.1) is 23.5 Å². The van der Waals surface area contributed by atoms with Gasteiger partial charge in [-0.3, -0.25) is 9.78 Å². The van der Waals surface area contributed by atoms with E-state index in [1.807, 2.05) is 0 Å². The number of rotatable bonds is 2. The number of hydrogen-bond donors (Lipinski definition) is 1. The summed E-state index contributed by atoms with van der Waals surface area (Å²) in [5, 5.41) is 6.17. The maximum Gasteiger partial charge on any atom is 0.259 e. The third-order valence-electron chi connectivity index (χ3n) is 2.81. The third-order valence-corrected chi connectivity index (χ3v) is 3.27. The van der Waals surface area contributed by atoms with Gasteiger partial charge < -0.3 is 5.32 Å². The Hall–Kier alpha value is -2.35. The summed E-state index contributed by atoms with van der Waals surface area (Å²) in [6, 6.07) is 2.13. The van der Waals surface area contributed by atoms with Crippen LogP contribution >= 0.6 is 15.9 Å². The van der Waals surface area contributed by atoms with Crippen molar-refractivity contribution >= 4 is 33.0 Å². The first-order valence-corrected chi connectivity index (χ1v) is 6.59. The largest absolute Gasteiger partial charge is 0.317 e. The zero-order valence-corrected chi connectivity index (χ0v) is 11.9. The number of nitrogens with one attached hydrogen (secondary N) is 1. The van der Waals surface area contributed by atoms with Gasteiger partial charge in [-0.2, -0.15) is 5.10 Å². The monoisotopic (exact) mass is 352 g/mol. The first-order valence-electron chi connectivity index (χ1n) is 5.79. The number of amides is 1. The lowest BCUT2D eigenvalue weighted by atomic mass is 10.2. The fourth-order valence-electron chi connectivity index (χ4n) is 1.85. The van der Waals surface area contributed by atoms with Crippen LogP contribution in [0.5, 0.6) is 0 Å². The van der Waals surface area contributed by atoms with Crippen molar-refractivity contribution in [1.82, 2.24) is 14.6 Å². The van der Waals surface area contributed by atoms with Crippen LogP contribution in [0, 0.1) is 11.6 Å². The van der Waals surface area contributed by atoms with E-state index in [2.05, 4.69) is 31.3 Å². The van der Waals surface area contributed by atoms with Gasteiger partial charge in [-0.15, -0.1) is 0 Å². The summed E-state index contributed by atoms with van der Waals surface area (Å²) < 4.78 is 29.1. The minimum absolute atomic E-state index is 0.171. The number of carbonyl (C=O) groups excluding carboxylic acids is 1. The van der Waals surface area contributed by atoms with Gasteiger partial charge in [0.15, 0.2) is 11.6 Å². The van der Waals surface area contributed by atoms with Crippen molar-refractivity contribution in [2.75, 3.05) is 5.32 Å². The van der Waals surface area contributed by atoms with Gasteiger partial charge in [0.2, 0.25) is 0 Å². The van der Waals surface area contributed by atoms with Gasteiger partial charge in [0.25, 0.3) is 5.91 Å². The molecule has 8 heteroatoms. The lowest BCUT2D eigenvalue weighted by Crippen LogP contribution is -2.14. The standard InChI is InChI=1S/C13H7BrF2N4O/c14-7-3-9(15)12(10(16)4-7)19-13(21)8-5-18-20-2-1-17-6-11(8)20/h1-6H,(H,19,21). The van der Waals surface area contributed by atoms with E-state index in [0.29, 0.717) is 5.52 Å². The van der Waals surface area contributed by atoms with Gasteiger partial charge in [-0.25, -0.2) is 13.3 Å². The molecule has 21 heavy (non-hydrogen) atoms. The van der Waals surface area contributed by atoms with Crippen LogP contribution < -0.4 is 5.32 Å². The molecule has 106 valence electrons. The first kappa shape index (κ1) is 13.6. The highest BCUT2D eigenvalue weighted by Gasteiger charge is 2.17. The molecule has 0 fully saturated rings. The van der Waals surface area contributed by atoms with Gasteiger partial charge >= 0.3 is 0 Å². The molecular formula is C13H7BrF2N4O. The van der Waals surface area contributed by atoms with Crippen molar-refractivity contribution < 1.29 is 13.6 Å². The summed E-state index contributed by atoms with van der Waals surface area (Å²) in [7, 11) is 0. The number of hydrogen-bond acceptors (Lipinski definition) is 3. The Balaban J connectivity index is 1.97. The van der Waals surface area contributed by atoms with Crippen molar-refractivity contribution in [3.63, 3.8) is 0 Å². The molecule has 0 saturated heterocycles. The molecule has 5 nitrogen and oxygen atoms in total. The van der Waals surface area contributed by atoms with Crippen molar-refractivity contribution in [2.24, 2.45) is 0 Å². The molecule has 0 radical (unpaired) electrons. The Morgan fingerprint density at radius 3 is 2.67 bits per heavy atom. The van der Waals surface area contributed by atoms with Gasteiger partial charge in [0.1, 0.15) is 5.69 Å². The second-order valence-electron chi connectivity index (χ2n) is 4.16. The summed E-state index contributed by atoms with van der Waals surface area (Å²) in [6.45, 7) is 0. The highest BCUT2D eigenvalue weighted by Crippen LogP contribution is 2.24. The molecule has 1 N–H and O–H groups in total. The molecule has 1 amide bonds. The number of nitrogens with zero attached hydrogens (tertiary/aromatic N) is 3. The summed E-state index contributed by atoms with van der Waals surface area (Å²) in [4.78, 5) is 16.0. The van der Waals surface area contributed by atoms with E-state index in [0.717, 1.165) is 12.1 Å². The number of fused-ring (bicyclic) bond motifs is 1. The zero-order chi connectivity index (χ0) is 15.0. The van der Waals surface area contributed by atoms with Crippen LogP contribution in [0.25, 0.3) is 5.52 Å². The van der Waals surface area contributed by atoms with E-state index in [1.165, 1.54) is 23.1 Å². The Kier molecular flexibility index (Phi) is 3.38. The SMILES string of the molecule is O=C(Nc1c(F)cc(Br)cc1F)c1cnn2ccncc12. The number of aromatic nitrogens is 3. The van der Waals surface area contributed by atoms with E-state index in [-0.39, 0.29) is 10.0 Å². The van der Waals surface area contributed by atoms with Crippen molar-refractivity contribution in [3.05, 3.63) is 58.6 Å². The molecule has 3 rings (SSSR count). The molecule has 0 aliphatic carbocycles. The first-order chi connectivity index (χ1) is 10.1. The van der Waals surface area contributed by atoms with E-state index >= 15 is 0 Å². The van der Waals surface area contributed by atoms with Crippen LogP contribution in [0.15, 0.2) is 41.4 Å². The van der Waals surface area contributed by atoms with E-state index < -0.39 is 23.2 Å². The average Bonchev–Trinajstić information content (AvgIpc) is 2.86. The molecule has 0 bridgehead atoms. The van der Waals surface area contributed by atoms with Crippen LogP contribution in [-0.4, -0.2) is 20.5 Å². The predicted molar refractivity (Wildman–Crippen MR) is 75.0 cm³/mol. The number of anilines is 1. The van der Waals surface area contributed by atoms with Crippen LogP contribution in [0.2, 0.25) is 0 Å². The molecule has 0 atom stereocenters. The summed E-state index contributed by atoms with van der Waals surface area (Å²) in [5.41, 5.74) is 0.101. The number of benzene rings is 1. The molecule has 2 aromatic heterocycles. The Bertz CT molecular complexity index is 826. The second kappa shape index (κ2) is 5.21. The third kappa shape index (κ3) is 2.49. The maximum absolute atomic E-state index is 13.7. The molecule has 0 aliphatic rings. The Morgan fingerprint density at radius 2 is 1.95 bits per heavy atom. The number of halogens is 3. The quantitative estimate of drug-likeness (QED) is 0.771. The predicted octanol–water partition coefficient (Wildman–Crippen LogP) is 3.02. The zero-order valence-electron chi connectivity index (χ0n) is 10.3. The van der Waals surface area contributed by atoms with Crippen molar-refractivity contribution in [1.29, 1.82) is 0 Å². The maximum atomic E-state index is 13.7. The van der Waals surface area contributed by atoms with Gasteiger partial charge in [-0.1, -0.05) is 15.9 Å². The molecule has 0 saturated carbocycles. The van der Waals surface area contributed by atoms with Crippen molar-refractivity contribution in [2.45, 2.75) is 0 Å². The minimum atomic E-state index is -0.871. The minimum Gasteiger partial charge on any atom is -0.317 e. The van der Waals surface area contributed by atoms with Crippen LogP contribution in [0.4, 0.5) is 14.5 Å². The summed E-state index contributed by atoms with van der Waals surface area (Å²) in [5.74, 6) is -2.41. The molecular weight excluding hydrogens is 346 g/mol. The second-order valence-corrected chi connectivity index (χ2v) is 5.08. The van der Waals surface area contributed by atoms with Crippen molar-refractivity contribution in [3.8, 4) is 0 Å². The van der Waals surface area contributed by atoms with Gasteiger partial charge in [0, 0.05) is 16.9 Å². The molecule has 0 unspecified atom stereocenters. The fraction of sp³-hybridized carbons (Fsp3) is 0. The summed E-state index contributed by atoms with van der Waals surface area (Å²) >= 11 is 2.97. The highest BCUT2D eigenvalue weighted by molar-refractivity contribution is 9.10. The summed E-state index contributed by atoms with van der Waals surface area (Å²) in [6.07, 6.45) is 5.82. The molecule has 3 aromatic rings. The highest BCUT2D eigenvalue weighted by atomic mass is 79.9. The lowest BCUT2D eigenvalue weighted by molar-refractivity contribution is 0.102. The molecule has 2 heterocycles. The van der Waals surface area contributed by atoms with E-state index in [1.54, 1.807) is 6.20 Å². The van der Waals surface area contributed by atoms with Crippen LogP contribution in [0.1, 0.15) is 10.4 Å². The smallest absolute Gasteiger partial charge is 0.259 e. The van der Waals surface area contributed by atoms with Crippen LogP contribution in [0.3, 0.4) is 0 Å². The fourth-order valence-corrected chi connectivity index (χ4v) is 2.25.